The lowest BCUT2D eigenvalue weighted by Gasteiger charge is -2.15. The molecule has 0 amide bonds. The fourth-order valence-electron chi connectivity index (χ4n) is 3.27. The molecule has 0 heterocycles. The van der Waals surface area contributed by atoms with Crippen LogP contribution in [0, 0.1) is 0 Å². The summed E-state index contributed by atoms with van der Waals surface area (Å²) in [5, 5.41) is 6.02. The minimum absolute atomic E-state index is 0.188. The van der Waals surface area contributed by atoms with E-state index >= 15 is 0 Å². The molecule has 2 aromatic rings. The minimum Gasteiger partial charge on any atom is -0.466 e. The van der Waals surface area contributed by atoms with Gasteiger partial charge in [-0.05, 0) is 42.0 Å². The molecule has 120 valence electrons. The molecule has 0 saturated carbocycles. The molecule has 0 atom stereocenters. The van der Waals surface area contributed by atoms with E-state index in [4.69, 9.17) is 4.74 Å². The molecule has 0 fully saturated rings. The standard InChI is InChI=1S/C20H23NO2/c1-23-20(22)18-12-3-2-4-13-19(18)21-14-16-10-7-9-15-8-5-6-11-17(15)16/h5-11,21H,2-4,12-14H2,1H3. The van der Waals surface area contributed by atoms with Gasteiger partial charge >= 0.3 is 5.97 Å². The van der Waals surface area contributed by atoms with Crippen molar-refractivity contribution in [3.8, 4) is 0 Å². The number of rotatable bonds is 4. The highest BCUT2D eigenvalue weighted by Crippen LogP contribution is 2.24. The fraction of sp³-hybridized carbons (Fsp3) is 0.350. The summed E-state index contributed by atoms with van der Waals surface area (Å²) in [4.78, 5) is 12.0. The maximum Gasteiger partial charge on any atom is 0.335 e. The molecule has 0 aromatic heterocycles. The Labute approximate surface area is 137 Å². The van der Waals surface area contributed by atoms with E-state index < -0.39 is 0 Å². The smallest absolute Gasteiger partial charge is 0.335 e. The lowest BCUT2D eigenvalue weighted by molar-refractivity contribution is -0.136. The van der Waals surface area contributed by atoms with E-state index in [2.05, 4.69) is 47.8 Å². The molecule has 0 spiro atoms. The minimum atomic E-state index is -0.188. The van der Waals surface area contributed by atoms with Crippen LogP contribution in [0.15, 0.2) is 53.7 Å². The van der Waals surface area contributed by atoms with Gasteiger partial charge in [0.25, 0.3) is 0 Å². The number of methoxy groups -OCH3 is 1. The maximum atomic E-state index is 12.0. The molecule has 1 aliphatic carbocycles. The van der Waals surface area contributed by atoms with Crippen molar-refractivity contribution in [2.75, 3.05) is 7.11 Å². The predicted octanol–water partition coefficient (Wildman–Crippen LogP) is 4.32. The number of fused-ring (bicyclic) bond motifs is 1. The van der Waals surface area contributed by atoms with Gasteiger partial charge in [-0.1, -0.05) is 48.9 Å². The summed E-state index contributed by atoms with van der Waals surface area (Å²) in [5.74, 6) is -0.188. The van der Waals surface area contributed by atoms with Crippen LogP contribution in [-0.4, -0.2) is 13.1 Å². The molecule has 0 unspecified atom stereocenters. The number of esters is 1. The monoisotopic (exact) mass is 309 g/mol. The van der Waals surface area contributed by atoms with Gasteiger partial charge in [-0.2, -0.15) is 0 Å². The molecular formula is C20H23NO2. The number of hydrogen-bond donors (Lipinski definition) is 1. The largest absolute Gasteiger partial charge is 0.466 e. The molecule has 23 heavy (non-hydrogen) atoms. The Morgan fingerprint density at radius 2 is 1.83 bits per heavy atom. The molecule has 0 radical (unpaired) electrons. The third-order valence-electron chi connectivity index (χ3n) is 4.52. The zero-order valence-corrected chi connectivity index (χ0v) is 13.6. The van der Waals surface area contributed by atoms with E-state index in [0.717, 1.165) is 43.5 Å². The maximum absolute atomic E-state index is 12.0. The van der Waals surface area contributed by atoms with Crippen LogP contribution in [0.4, 0.5) is 0 Å². The van der Waals surface area contributed by atoms with Crippen LogP contribution in [0.5, 0.6) is 0 Å². The van der Waals surface area contributed by atoms with Crippen LogP contribution >= 0.6 is 0 Å². The van der Waals surface area contributed by atoms with E-state index in [1.54, 1.807) is 0 Å². The SMILES string of the molecule is COC(=O)C1=C(NCc2cccc3ccccc23)CCCCC1. The van der Waals surface area contributed by atoms with Crippen molar-refractivity contribution >= 4 is 16.7 Å². The lowest BCUT2D eigenvalue weighted by atomic mass is 10.0. The van der Waals surface area contributed by atoms with Gasteiger partial charge in [0.1, 0.15) is 0 Å². The second-order valence-corrected chi connectivity index (χ2v) is 6.00. The van der Waals surface area contributed by atoms with Gasteiger partial charge in [0.05, 0.1) is 12.7 Å². The fourth-order valence-corrected chi connectivity index (χ4v) is 3.27. The molecule has 1 N–H and O–H groups in total. The van der Waals surface area contributed by atoms with Crippen molar-refractivity contribution in [3.05, 3.63) is 59.3 Å². The molecule has 3 heteroatoms. The van der Waals surface area contributed by atoms with E-state index in [9.17, 15) is 4.79 Å². The van der Waals surface area contributed by atoms with Gasteiger partial charge in [-0.3, -0.25) is 0 Å². The number of hydrogen-bond acceptors (Lipinski definition) is 3. The Kier molecular flexibility index (Phi) is 4.96. The van der Waals surface area contributed by atoms with Crippen molar-refractivity contribution in [2.45, 2.75) is 38.6 Å². The number of ether oxygens (including phenoxy) is 1. The summed E-state index contributed by atoms with van der Waals surface area (Å²) in [6, 6.07) is 14.8. The summed E-state index contributed by atoms with van der Waals surface area (Å²) in [6.07, 6.45) is 5.09. The molecule has 0 aliphatic heterocycles. The van der Waals surface area contributed by atoms with Crippen molar-refractivity contribution < 1.29 is 9.53 Å². The average molecular weight is 309 g/mol. The average Bonchev–Trinajstić information content (AvgIpc) is 2.84. The van der Waals surface area contributed by atoms with Gasteiger partial charge < -0.3 is 10.1 Å². The summed E-state index contributed by atoms with van der Waals surface area (Å²) < 4.78 is 4.96. The Morgan fingerprint density at radius 3 is 2.70 bits per heavy atom. The summed E-state index contributed by atoms with van der Waals surface area (Å²) in [7, 11) is 1.46. The van der Waals surface area contributed by atoms with E-state index in [1.807, 2.05) is 0 Å². The number of benzene rings is 2. The van der Waals surface area contributed by atoms with Crippen molar-refractivity contribution in [1.82, 2.24) is 5.32 Å². The number of nitrogens with one attached hydrogen (secondary N) is 1. The van der Waals surface area contributed by atoms with E-state index in [1.165, 1.54) is 29.9 Å². The van der Waals surface area contributed by atoms with Crippen molar-refractivity contribution in [1.29, 1.82) is 0 Å². The first kappa shape index (κ1) is 15.6. The van der Waals surface area contributed by atoms with Gasteiger partial charge in [-0.15, -0.1) is 0 Å². The van der Waals surface area contributed by atoms with Crippen LogP contribution in [0.2, 0.25) is 0 Å². The first-order chi connectivity index (χ1) is 11.3. The van der Waals surface area contributed by atoms with Crippen molar-refractivity contribution in [3.63, 3.8) is 0 Å². The van der Waals surface area contributed by atoms with E-state index in [0.29, 0.717) is 0 Å². The molecule has 0 bridgehead atoms. The number of carbonyl (C=O) groups excluding carboxylic acids is 1. The molecule has 2 aromatic carbocycles. The normalized spacial score (nSPS) is 15.3. The number of carbonyl (C=O) groups is 1. The van der Waals surface area contributed by atoms with Crippen LogP contribution in [-0.2, 0) is 16.1 Å². The highest BCUT2D eigenvalue weighted by atomic mass is 16.5. The second kappa shape index (κ2) is 7.32. The molecule has 3 nitrogen and oxygen atoms in total. The van der Waals surface area contributed by atoms with Crippen molar-refractivity contribution in [2.24, 2.45) is 0 Å². The third kappa shape index (κ3) is 3.55. The Bertz CT molecular complexity index is 728. The quantitative estimate of drug-likeness (QED) is 0.855. The van der Waals surface area contributed by atoms with Crippen LogP contribution in [0.3, 0.4) is 0 Å². The number of allylic oxidation sites excluding steroid dienone is 1. The van der Waals surface area contributed by atoms with E-state index in [-0.39, 0.29) is 5.97 Å². The van der Waals surface area contributed by atoms with Crippen LogP contribution in [0.25, 0.3) is 10.8 Å². The topological polar surface area (TPSA) is 38.3 Å². The summed E-state index contributed by atoms with van der Waals surface area (Å²) >= 11 is 0. The zero-order chi connectivity index (χ0) is 16.1. The molecule has 3 rings (SSSR count). The highest BCUT2D eigenvalue weighted by molar-refractivity contribution is 5.89. The lowest BCUT2D eigenvalue weighted by Crippen LogP contribution is -2.19. The van der Waals surface area contributed by atoms with Crippen LogP contribution in [0.1, 0.15) is 37.7 Å². The first-order valence-electron chi connectivity index (χ1n) is 8.30. The van der Waals surface area contributed by atoms with Crippen LogP contribution < -0.4 is 5.32 Å². The van der Waals surface area contributed by atoms with Gasteiger partial charge in [-0.25, -0.2) is 4.79 Å². The second-order valence-electron chi connectivity index (χ2n) is 6.00. The predicted molar refractivity (Wildman–Crippen MR) is 92.9 cm³/mol. The molecule has 1 aliphatic rings. The Morgan fingerprint density at radius 1 is 1.04 bits per heavy atom. The molecule has 0 saturated heterocycles. The molecular weight excluding hydrogens is 286 g/mol. The third-order valence-corrected chi connectivity index (χ3v) is 4.52. The zero-order valence-electron chi connectivity index (χ0n) is 13.6. The Hall–Kier alpha value is -2.29. The Balaban J connectivity index is 1.84. The first-order valence-corrected chi connectivity index (χ1v) is 8.30. The summed E-state index contributed by atoms with van der Waals surface area (Å²) in [6.45, 7) is 0.733. The summed E-state index contributed by atoms with van der Waals surface area (Å²) in [5.41, 5.74) is 3.14. The van der Waals surface area contributed by atoms with Gasteiger partial charge in [0.15, 0.2) is 0 Å². The highest BCUT2D eigenvalue weighted by Gasteiger charge is 2.18. The van der Waals surface area contributed by atoms with Gasteiger partial charge in [0.2, 0.25) is 0 Å². The van der Waals surface area contributed by atoms with Gasteiger partial charge in [0, 0.05) is 12.2 Å².